The second-order valence-corrected chi connectivity index (χ2v) is 10.0. The number of nitrogens with zero attached hydrogens (tertiary/aromatic N) is 2. The minimum Gasteiger partial charge on any atom is -0.489 e. The Balaban J connectivity index is 1.56. The lowest BCUT2D eigenvalue weighted by Crippen LogP contribution is -2.62. The summed E-state index contributed by atoms with van der Waals surface area (Å²) in [5.41, 5.74) is 9.21. The summed E-state index contributed by atoms with van der Waals surface area (Å²) >= 11 is 0. The van der Waals surface area contributed by atoms with Gasteiger partial charge in [0.1, 0.15) is 18.9 Å². The van der Waals surface area contributed by atoms with Crippen LogP contribution in [-0.4, -0.2) is 66.3 Å². The largest absolute Gasteiger partial charge is 0.489 e. The van der Waals surface area contributed by atoms with Gasteiger partial charge >= 0.3 is 0 Å². The summed E-state index contributed by atoms with van der Waals surface area (Å²) in [6, 6.07) is 12.6. The molecule has 0 unspecified atom stereocenters. The van der Waals surface area contributed by atoms with Crippen LogP contribution in [0.2, 0.25) is 0 Å². The van der Waals surface area contributed by atoms with Gasteiger partial charge in [0, 0.05) is 29.1 Å². The molecule has 2 aliphatic heterocycles. The number of fused-ring (bicyclic) bond motifs is 2. The molecule has 0 saturated carbocycles. The Kier molecular flexibility index (Phi) is 6.05. The Bertz CT molecular complexity index is 1060. The van der Waals surface area contributed by atoms with Crippen LogP contribution in [0.25, 0.3) is 10.8 Å². The molecule has 0 radical (unpaired) electrons. The average molecular weight is 439 g/mol. The van der Waals surface area contributed by atoms with E-state index in [1.807, 2.05) is 24.0 Å². The first kappa shape index (κ1) is 22.8. The zero-order valence-electron chi connectivity index (χ0n) is 19.8. The van der Waals surface area contributed by atoms with Crippen LogP contribution in [0.5, 0.6) is 5.75 Å². The van der Waals surface area contributed by atoms with E-state index in [1.54, 1.807) is 6.92 Å². The quantitative estimate of drug-likeness (QED) is 0.491. The lowest BCUT2D eigenvalue weighted by molar-refractivity contribution is -0.902. The fraction of sp³-hybridized carbons (Fsp3) is 0.500. The number of β-lactam (4-membered cyclic amide) rings is 1. The summed E-state index contributed by atoms with van der Waals surface area (Å²) in [7, 11) is 4.41. The number of quaternary nitrogens is 1. The molecule has 2 heterocycles. The lowest BCUT2D eigenvalue weighted by atomic mass is 9.78. The molecule has 3 N–H and O–H groups in total. The van der Waals surface area contributed by atoms with Crippen LogP contribution in [0.1, 0.15) is 26.3 Å². The van der Waals surface area contributed by atoms with Gasteiger partial charge in [-0.1, -0.05) is 37.3 Å². The van der Waals surface area contributed by atoms with Crippen molar-refractivity contribution in [1.82, 2.24) is 4.90 Å². The number of ether oxygens (including phenoxy) is 1. The molecular weight excluding hydrogens is 402 g/mol. The number of aliphatic hydroxyl groups is 1. The smallest absolute Gasteiger partial charge is 0.234 e. The van der Waals surface area contributed by atoms with Gasteiger partial charge in [-0.2, -0.15) is 0 Å². The fourth-order valence-corrected chi connectivity index (χ4v) is 5.53. The second-order valence-electron chi connectivity index (χ2n) is 10.0. The standard InChI is InChI=1S/C26H36N3O3/c1-16-22(17(2)28-25(16)24(18(3)30)26(28)31)15-32-23-11-7-9-20-19(8-6-10-21(20)23)14-29(4,5)13-12-27/h6-11,16,18,24-25,30H,12-15,27H2,1-5H3/q+1/t16-,18+,24+,25+/m0/s1. The van der Waals surface area contributed by atoms with Gasteiger partial charge in [0.25, 0.3) is 0 Å². The second kappa shape index (κ2) is 8.50. The highest BCUT2D eigenvalue weighted by Crippen LogP contribution is 2.47. The number of allylic oxidation sites excluding steroid dienone is 1. The lowest BCUT2D eigenvalue weighted by Gasteiger charge is -2.46. The van der Waals surface area contributed by atoms with Crippen LogP contribution in [-0.2, 0) is 11.3 Å². The Morgan fingerprint density at radius 3 is 2.56 bits per heavy atom. The number of aliphatic hydroxyl groups excluding tert-OH is 1. The Hall–Kier alpha value is -2.41. The van der Waals surface area contributed by atoms with Crippen LogP contribution < -0.4 is 10.5 Å². The molecule has 6 nitrogen and oxygen atoms in total. The van der Waals surface area contributed by atoms with E-state index in [-0.39, 0.29) is 23.8 Å². The van der Waals surface area contributed by atoms with Crippen LogP contribution in [0.15, 0.2) is 47.7 Å². The van der Waals surface area contributed by atoms with Crippen LogP contribution in [0, 0.1) is 11.8 Å². The van der Waals surface area contributed by atoms with Gasteiger partial charge in [0.2, 0.25) is 5.91 Å². The zero-order valence-corrected chi connectivity index (χ0v) is 19.8. The summed E-state index contributed by atoms with van der Waals surface area (Å²) in [5.74, 6) is 0.741. The fourth-order valence-electron chi connectivity index (χ4n) is 5.53. The molecule has 6 heteroatoms. The maximum atomic E-state index is 12.5. The molecule has 2 aliphatic rings. The van der Waals surface area contributed by atoms with Crippen molar-refractivity contribution in [3.05, 3.63) is 53.2 Å². The van der Waals surface area contributed by atoms with Gasteiger partial charge in [-0.25, -0.2) is 0 Å². The van der Waals surface area contributed by atoms with Crippen molar-refractivity contribution in [2.45, 2.75) is 39.5 Å². The Morgan fingerprint density at radius 1 is 1.19 bits per heavy atom. The molecule has 2 aromatic rings. The summed E-state index contributed by atoms with van der Waals surface area (Å²) in [6.07, 6.45) is -0.627. The van der Waals surface area contributed by atoms with Crippen molar-refractivity contribution in [3.8, 4) is 5.75 Å². The molecule has 0 spiro atoms. The monoisotopic (exact) mass is 438 g/mol. The molecular formula is C26H36N3O3+. The van der Waals surface area contributed by atoms with Gasteiger partial charge in [0.15, 0.2) is 0 Å². The number of hydrogen-bond donors (Lipinski definition) is 2. The average Bonchev–Trinajstić information content (AvgIpc) is 2.92. The van der Waals surface area contributed by atoms with E-state index in [0.717, 1.165) is 40.0 Å². The molecule has 4 atom stereocenters. The predicted octanol–water partition coefficient (Wildman–Crippen LogP) is 2.89. The van der Waals surface area contributed by atoms with E-state index in [4.69, 9.17) is 10.5 Å². The van der Waals surface area contributed by atoms with Crippen molar-refractivity contribution in [3.63, 3.8) is 0 Å². The van der Waals surface area contributed by atoms with Crippen LogP contribution in [0.3, 0.4) is 0 Å². The van der Waals surface area contributed by atoms with Crippen molar-refractivity contribution in [2.24, 2.45) is 17.6 Å². The molecule has 0 aliphatic carbocycles. The molecule has 1 fully saturated rings. The van der Waals surface area contributed by atoms with Crippen LogP contribution in [0.4, 0.5) is 0 Å². The molecule has 32 heavy (non-hydrogen) atoms. The minimum absolute atomic E-state index is 0.0253. The molecule has 2 aromatic carbocycles. The zero-order chi connectivity index (χ0) is 23.2. The normalized spacial score (nSPS) is 24.0. The maximum Gasteiger partial charge on any atom is 0.234 e. The number of hydrogen-bond acceptors (Lipinski definition) is 4. The Morgan fingerprint density at radius 2 is 1.88 bits per heavy atom. The summed E-state index contributed by atoms with van der Waals surface area (Å²) in [5, 5.41) is 12.3. The summed E-state index contributed by atoms with van der Waals surface area (Å²) in [6.45, 7) is 8.75. The number of carbonyl (C=O) groups is 1. The third kappa shape index (κ3) is 3.81. The highest BCUT2D eigenvalue weighted by atomic mass is 16.5. The van der Waals surface area contributed by atoms with E-state index in [2.05, 4.69) is 45.3 Å². The summed E-state index contributed by atoms with van der Waals surface area (Å²) in [4.78, 5) is 14.4. The van der Waals surface area contributed by atoms with Crippen molar-refractivity contribution in [1.29, 1.82) is 0 Å². The minimum atomic E-state index is -0.627. The van der Waals surface area contributed by atoms with Gasteiger partial charge < -0.3 is 25.0 Å². The van der Waals surface area contributed by atoms with Gasteiger partial charge in [0.05, 0.1) is 38.7 Å². The molecule has 172 valence electrons. The number of nitrogens with two attached hydrogens (primary N) is 1. The van der Waals surface area contributed by atoms with E-state index in [1.165, 1.54) is 10.9 Å². The third-order valence-electron chi connectivity index (χ3n) is 7.28. The van der Waals surface area contributed by atoms with Crippen molar-refractivity contribution < 1.29 is 19.1 Å². The predicted molar refractivity (Wildman–Crippen MR) is 127 cm³/mol. The van der Waals surface area contributed by atoms with E-state index in [9.17, 15) is 9.90 Å². The first-order chi connectivity index (χ1) is 15.2. The number of benzene rings is 2. The van der Waals surface area contributed by atoms with E-state index >= 15 is 0 Å². The topological polar surface area (TPSA) is 75.8 Å². The first-order valence-electron chi connectivity index (χ1n) is 11.5. The van der Waals surface area contributed by atoms with Gasteiger partial charge in [-0.05, 0) is 30.9 Å². The van der Waals surface area contributed by atoms with Crippen molar-refractivity contribution >= 4 is 16.7 Å². The van der Waals surface area contributed by atoms with E-state index < -0.39 is 6.10 Å². The van der Waals surface area contributed by atoms with Gasteiger partial charge in [-0.3, -0.25) is 4.79 Å². The SMILES string of the molecule is CC1=C(COc2cccc3c(C[N+](C)(C)CCN)cccc23)[C@H](C)[C@@H]2[C@@H]([C@@H](C)O)C(=O)N12. The molecule has 1 saturated heterocycles. The number of carbonyl (C=O) groups excluding carboxylic acids is 1. The number of amides is 1. The number of likely N-dealkylation sites (N-methyl/N-ethyl adjacent to an activating group) is 1. The highest BCUT2D eigenvalue weighted by molar-refractivity contribution is 5.91. The summed E-state index contributed by atoms with van der Waals surface area (Å²) < 4.78 is 7.18. The van der Waals surface area contributed by atoms with Crippen molar-refractivity contribution in [2.75, 3.05) is 33.8 Å². The molecule has 4 rings (SSSR count). The molecule has 1 amide bonds. The third-order valence-corrected chi connectivity index (χ3v) is 7.28. The number of rotatable bonds is 8. The highest BCUT2D eigenvalue weighted by Gasteiger charge is 2.57. The maximum absolute atomic E-state index is 12.5. The van der Waals surface area contributed by atoms with Gasteiger partial charge in [-0.15, -0.1) is 0 Å². The van der Waals surface area contributed by atoms with Crippen LogP contribution >= 0.6 is 0 Å². The Labute approximate surface area is 190 Å². The van der Waals surface area contributed by atoms with E-state index in [0.29, 0.717) is 13.2 Å². The molecule has 0 bridgehead atoms. The molecule has 0 aromatic heterocycles. The first-order valence-corrected chi connectivity index (χ1v) is 11.5.